The molecule has 0 aliphatic heterocycles. The fourth-order valence-corrected chi connectivity index (χ4v) is 13.8. The van der Waals surface area contributed by atoms with E-state index in [0.717, 1.165) is 71.7 Å². The van der Waals surface area contributed by atoms with Gasteiger partial charge >= 0.3 is 0 Å². The Hall–Kier alpha value is -1.90. The number of aromatic nitrogens is 2. The van der Waals surface area contributed by atoms with E-state index in [0.29, 0.717) is 0 Å². The highest BCUT2D eigenvalue weighted by Crippen LogP contribution is 2.45. The summed E-state index contributed by atoms with van der Waals surface area (Å²) >= 11 is 0. The van der Waals surface area contributed by atoms with Crippen molar-refractivity contribution in [2.24, 2.45) is 47.3 Å². The third-order valence-corrected chi connectivity index (χ3v) is 18.2. The molecule has 0 bridgehead atoms. The van der Waals surface area contributed by atoms with Crippen LogP contribution >= 0.6 is 0 Å². The zero-order valence-corrected chi connectivity index (χ0v) is 43.5. The van der Waals surface area contributed by atoms with Crippen LogP contribution in [0.25, 0.3) is 0 Å². The van der Waals surface area contributed by atoms with Gasteiger partial charge in [-0.3, -0.25) is 9.97 Å². The molecule has 0 spiro atoms. The van der Waals surface area contributed by atoms with Gasteiger partial charge in [-0.1, -0.05) is 169 Å². The number of unbranched alkanes of at least 4 members (excludes halogenated alkanes) is 14. The van der Waals surface area contributed by atoms with Gasteiger partial charge in [0.1, 0.15) is 11.5 Å². The third-order valence-electron chi connectivity index (χ3n) is 18.2. The Kier molecular flexibility index (Phi) is 24.7. The normalized spacial score (nSPS) is 26.3. The van der Waals surface area contributed by atoms with Crippen LogP contribution in [0.4, 0.5) is 0 Å². The van der Waals surface area contributed by atoms with Gasteiger partial charge in [0.05, 0.1) is 12.4 Å². The number of rotatable bonds is 30. The highest BCUT2D eigenvalue weighted by molar-refractivity contribution is 5.36. The molecule has 0 unspecified atom stereocenters. The number of aryl methyl sites for hydroxylation is 2. The number of hydrogen-bond donors (Lipinski definition) is 0. The van der Waals surface area contributed by atoms with Crippen LogP contribution < -0.4 is 4.74 Å². The van der Waals surface area contributed by atoms with Crippen molar-refractivity contribution in [3.8, 4) is 11.5 Å². The molecule has 65 heavy (non-hydrogen) atoms. The zero-order valence-electron chi connectivity index (χ0n) is 43.5. The van der Waals surface area contributed by atoms with E-state index in [1.165, 1.54) is 267 Å². The molecule has 6 rings (SSSR count). The Balaban J connectivity index is 0.990. The maximum Gasteiger partial charge on any atom is 0.146 e. The Morgan fingerprint density at radius 2 is 0.677 bits per heavy atom. The Morgan fingerprint density at radius 1 is 0.369 bits per heavy atom. The highest BCUT2D eigenvalue weighted by atomic mass is 16.5. The first-order valence-corrected chi connectivity index (χ1v) is 29.7. The lowest BCUT2D eigenvalue weighted by atomic mass is 9.68. The van der Waals surface area contributed by atoms with Crippen LogP contribution in [0.15, 0.2) is 24.5 Å². The molecule has 4 saturated carbocycles. The minimum absolute atomic E-state index is 0.785. The van der Waals surface area contributed by atoms with Gasteiger partial charge in [-0.2, -0.15) is 0 Å². The molecular formula is C62H104N2O. The van der Waals surface area contributed by atoms with E-state index in [2.05, 4.69) is 39.8 Å². The molecular weight excluding hydrogens is 789 g/mol. The van der Waals surface area contributed by atoms with E-state index in [1.54, 1.807) is 0 Å². The number of pyridine rings is 2. The van der Waals surface area contributed by atoms with Crippen molar-refractivity contribution in [2.75, 3.05) is 0 Å². The SMILES string of the molecule is CCCCCCCCC1CCC(C2CCC(Cc3cc(Oc4cnc(CCCCC)c(CC5CCC(C6CCC(CCCCCCCC)CC6)CC5)c4)cnc3CCCCC)CC2)CC1. The third kappa shape index (κ3) is 18.5. The molecule has 0 saturated heterocycles. The predicted octanol–water partition coefficient (Wildman–Crippen LogP) is 19.5. The van der Waals surface area contributed by atoms with E-state index in [1.807, 2.05) is 12.4 Å². The number of hydrogen-bond acceptors (Lipinski definition) is 3. The lowest BCUT2D eigenvalue weighted by Crippen LogP contribution is -2.26. The standard InChI is InChI=1S/C62H104N2O/c1-5-9-13-15-17-21-23-49-27-35-53(36-28-49)55-39-31-51(32-40-55)43-57-45-59(47-63-61(57)25-19-11-7-3)65-60-46-58(62(64-48-60)26-20-12-8-4)44-52-33-41-56(42-34-52)54-37-29-50(30-38-54)24-22-18-16-14-10-6-2/h45-56H,5-44H2,1-4H3. The van der Waals surface area contributed by atoms with Crippen LogP contribution in [0.5, 0.6) is 11.5 Å². The van der Waals surface area contributed by atoms with Crippen molar-refractivity contribution in [1.82, 2.24) is 9.97 Å². The summed E-state index contributed by atoms with van der Waals surface area (Å²) < 4.78 is 6.78. The molecule has 0 N–H and O–H groups in total. The molecule has 0 radical (unpaired) electrons. The lowest BCUT2D eigenvalue weighted by Gasteiger charge is -2.38. The van der Waals surface area contributed by atoms with Crippen molar-refractivity contribution >= 4 is 0 Å². The monoisotopic (exact) mass is 893 g/mol. The number of ether oxygens (including phenoxy) is 1. The Morgan fingerprint density at radius 3 is 1.03 bits per heavy atom. The van der Waals surface area contributed by atoms with E-state index in [4.69, 9.17) is 14.7 Å². The van der Waals surface area contributed by atoms with Crippen molar-refractivity contribution in [3.05, 3.63) is 47.0 Å². The zero-order chi connectivity index (χ0) is 45.3. The van der Waals surface area contributed by atoms with E-state index < -0.39 is 0 Å². The van der Waals surface area contributed by atoms with Crippen LogP contribution in [-0.4, -0.2) is 9.97 Å². The predicted molar refractivity (Wildman–Crippen MR) is 280 cm³/mol. The maximum absolute atomic E-state index is 6.78. The summed E-state index contributed by atoms with van der Waals surface area (Å²) in [5.74, 6) is 9.41. The molecule has 2 aromatic rings. The average molecular weight is 894 g/mol. The Bertz CT molecular complexity index is 1410. The first-order chi connectivity index (χ1) is 32.0. The first kappa shape index (κ1) is 52.5. The van der Waals surface area contributed by atoms with E-state index in [-0.39, 0.29) is 0 Å². The fourth-order valence-electron chi connectivity index (χ4n) is 13.8. The average Bonchev–Trinajstić information content (AvgIpc) is 3.33. The molecule has 2 aromatic heterocycles. The van der Waals surface area contributed by atoms with Gasteiger partial charge in [-0.15, -0.1) is 0 Å². The summed E-state index contributed by atoms with van der Waals surface area (Å²) in [6.07, 6.45) is 60.0. The maximum atomic E-state index is 6.78. The van der Waals surface area contributed by atoms with Crippen LogP contribution in [-0.2, 0) is 25.7 Å². The van der Waals surface area contributed by atoms with Crippen molar-refractivity contribution in [3.63, 3.8) is 0 Å². The second-order valence-corrected chi connectivity index (χ2v) is 23.2. The molecule has 368 valence electrons. The first-order valence-electron chi connectivity index (χ1n) is 29.7. The second-order valence-electron chi connectivity index (χ2n) is 23.2. The fraction of sp³-hybridized carbons (Fsp3) is 0.839. The van der Waals surface area contributed by atoms with Gasteiger partial charge in [0, 0.05) is 11.4 Å². The van der Waals surface area contributed by atoms with Crippen LogP contribution in [0, 0.1) is 47.3 Å². The van der Waals surface area contributed by atoms with Gasteiger partial charge in [0.25, 0.3) is 0 Å². The summed E-state index contributed by atoms with van der Waals surface area (Å²) in [5.41, 5.74) is 5.59. The largest absolute Gasteiger partial charge is 0.454 e. The molecule has 2 heterocycles. The summed E-state index contributed by atoms with van der Waals surface area (Å²) in [6.45, 7) is 9.29. The molecule has 0 aromatic carbocycles. The molecule has 4 aliphatic rings. The van der Waals surface area contributed by atoms with Gasteiger partial charge in [-0.05, 0) is 186 Å². The van der Waals surface area contributed by atoms with Gasteiger partial charge < -0.3 is 4.74 Å². The van der Waals surface area contributed by atoms with Crippen molar-refractivity contribution in [2.45, 2.75) is 285 Å². The summed E-state index contributed by atoms with van der Waals surface area (Å²) in [5, 5.41) is 0. The van der Waals surface area contributed by atoms with Gasteiger partial charge in [0.15, 0.2) is 0 Å². The molecule has 4 fully saturated rings. The van der Waals surface area contributed by atoms with E-state index >= 15 is 0 Å². The van der Waals surface area contributed by atoms with Crippen LogP contribution in [0.1, 0.15) is 281 Å². The topological polar surface area (TPSA) is 35.0 Å². The van der Waals surface area contributed by atoms with Crippen molar-refractivity contribution in [1.29, 1.82) is 0 Å². The number of nitrogens with zero attached hydrogens (tertiary/aromatic N) is 2. The summed E-state index contributed by atoms with van der Waals surface area (Å²) in [6, 6.07) is 4.79. The molecule has 0 amide bonds. The summed E-state index contributed by atoms with van der Waals surface area (Å²) in [4.78, 5) is 10.3. The summed E-state index contributed by atoms with van der Waals surface area (Å²) in [7, 11) is 0. The Labute approximate surface area is 403 Å². The molecule has 3 nitrogen and oxygen atoms in total. The van der Waals surface area contributed by atoms with Crippen LogP contribution in [0.3, 0.4) is 0 Å². The smallest absolute Gasteiger partial charge is 0.146 e. The highest BCUT2D eigenvalue weighted by Gasteiger charge is 2.33. The van der Waals surface area contributed by atoms with Gasteiger partial charge in [0.2, 0.25) is 0 Å². The molecule has 0 atom stereocenters. The lowest BCUT2D eigenvalue weighted by molar-refractivity contribution is 0.142. The molecule has 3 heteroatoms. The van der Waals surface area contributed by atoms with Crippen LogP contribution in [0.2, 0.25) is 0 Å². The minimum Gasteiger partial charge on any atom is -0.454 e. The second kappa shape index (κ2) is 30.6. The van der Waals surface area contributed by atoms with Gasteiger partial charge in [-0.25, -0.2) is 0 Å². The minimum atomic E-state index is 0.785. The van der Waals surface area contributed by atoms with Crippen molar-refractivity contribution < 1.29 is 4.74 Å². The molecule has 4 aliphatic carbocycles. The van der Waals surface area contributed by atoms with E-state index in [9.17, 15) is 0 Å². The quantitative estimate of drug-likeness (QED) is 0.0733.